The summed E-state index contributed by atoms with van der Waals surface area (Å²) in [6.45, 7) is 6.88. The van der Waals surface area contributed by atoms with E-state index in [1.807, 2.05) is 32.0 Å². The lowest BCUT2D eigenvalue weighted by Gasteiger charge is -2.10. The zero-order valence-electron chi connectivity index (χ0n) is 11.1. The molecule has 17 heavy (non-hydrogen) atoms. The second-order valence-electron chi connectivity index (χ2n) is 4.96. The first-order valence-corrected chi connectivity index (χ1v) is 6.35. The highest BCUT2D eigenvalue weighted by atomic mass is 16.1. The van der Waals surface area contributed by atoms with Crippen molar-refractivity contribution in [2.45, 2.75) is 40.0 Å². The number of hydrogen-bond donors (Lipinski definition) is 1. The highest BCUT2D eigenvalue weighted by Gasteiger charge is 2.11. The monoisotopic (exact) mass is 233 g/mol. The van der Waals surface area contributed by atoms with Crippen LogP contribution in [0.15, 0.2) is 18.2 Å². The summed E-state index contributed by atoms with van der Waals surface area (Å²) in [4.78, 5) is 12.1. The molecule has 0 saturated carbocycles. The first kappa shape index (κ1) is 13.9. The summed E-state index contributed by atoms with van der Waals surface area (Å²) < 4.78 is 0. The molecule has 0 aliphatic rings. The smallest absolute Gasteiger partial charge is 0.163 e. The van der Waals surface area contributed by atoms with Crippen LogP contribution >= 0.6 is 0 Å². The number of ketones is 1. The van der Waals surface area contributed by atoms with Crippen LogP contribution in [0.1, 0.15) is 47.7 Å². The highest BCUT2D eigenvalue weighted by Crippen LogP contribution is 2.16. The molecular formula is C15H23NO. The summed E-state index contributed by atoms with van der Waals surface area (Å²) in [5.74, 6) is 0.795. The first-order chi connectivity index (χ1) is 8.04. The maximum absolute atomic E-state index is 12.1. The summed E-state index contributed by atoms with van der Waals surface area (Å²) in [5.41, 5.74) is 8.61. The van der Waals surface area contributed by atoms with E-state index in [-0.39, 0.29) is 5.78 Å². The standard InChI is InChI=1S/C15H23NO/c1-11(8-9-16)5-7-15(17)14-10-12(2)4-6-13(14)3/h4,6,10-11H,5,7-9,16H2,1-3H3. The zero-order valence-corrected chi connectivity index (χ0v) is 11.1. The topological polar surface area (TPSA) is 43.1 Å². The predicted molar refractivity (Wildman–Crippen MR) is 72.3 cm³/mol. The quantitative estimate of drug-likeness (QED) is 0.766. The molecule has 0 radical (unpaired) electrons. The van der Waals surface area contributed by atoms with Gasteiger partial charge >= 0.3 is 0 Å². The van der Waals surface area contributed by atoms with Gasteiger partial charge in [0.2, 0.25) is 0 Å². The molecule has 2 nitrogen and oxygen atoms in total. The van der Waals surface area contributed by atoms with Crippen LogP contribution in [0.5, 0.6) is 0 Å². The summed E-state index contributed by atoms with van der Waals surface area (Å²) in [7, 11) is 0. The van der Waals surface area contributed by atoms with Gasteiger partial charge in [-0.2, -0.15) is 0 Å². The number of rotatable bonds is 6. The third-order valence-electron chi connectivity index (χ3n) is 3.22. The Morgan fingerprint density at radius 1 is 1.29 bits per heavy atom. The Hall–Kier alpha value is -1.15. The third-order valence-corrected chi connectivity index (χ3v) is 3.22. The fraction of sp³-hybridized carbons (Fsp3) is 0.533. The van der Waals surface area contributed by atoms with Gasteiger partial charge in [-0.05, 0) is 50.8 Å². The van der Waals surface area contributed by atoms with Crippen LogP contribution in [0.3, 0.4) is 0 Å². The predicted octanol–water partition coefficient (Wildman–Crippen LogP) is 3.25. The fourth-order valence-electron chi connectivity index (χ4n) is 1.98. The van der Waals surface area contributed by atoms with Crippen LogP contribution in [0.4, 0.5) is 0 Å². The molecule has 0 bridgehead atoms. The van der Waals surface area contributed by atoms with Crippen LogP contribution in [0.2, 0.25) is 0 Å². The van der Waals surface area contributed by atoms with Gasteiger partial charge in [-0.25, -0.2) is 0 Å². The van der Waals surface area contributed by atoms with Gasteiger partial charge in [0.15, 0.2) is 5.78 Å². The second-order valence-corrected chi connectivity index (χ2v) is 4.96. The van der Waals surface area contributed by atoms with Gasteiger partial charge in [0.25, 0.3) is 0 Å². The molecule has 1 unspecified atom stereocenters. The van der Waals surface area contributed by atoms with Crippen LogP contribution in [0.25, 0.3) is 0 Å². The van der Waals surface area contributed by atoms with Crippen molar-refractivity contribution in [1.29, 1.82) is 0 Å². The molecule has 0 aliphatic heterocycles. The minimum atomic E-state index is 0.259. The summed E-state index contributed by atoms with van der Waals surface area (Å²) >= 11 is 0. The second kappa shape index (κ2) is 6.55. The Kier molecular flexibility index (Phi) is 5.36. The van der Waals surface area contributed by atoms with Gasteiger partial charge in [0.1, 0.15) is 0 Å². The minimum Gasteiger partial charge on any atom is -0.330 e. The molecule has 0 aromatic heterocycles. The molecule has 0 aliphatic carbocycles. The first-order valence-electron chi connectivity index (χ1n) is 6.35. The average Bonchev–Trinajstić information content (AvgIpc) is 2.29. The van der Waals surface area contributed by atoms with Crippen molar-refractivity contribution in [2.24, 2.45) is 11.7 Å². The molecule has 1 atom stereocenters. The molecule has 2 N–H and O–H groups in total. The Morgan fingerprint density at radius 2 is 2.00 bits per heavy atom. The van der Waals surface area contributed by atoms with Crippen molar-refractivity contribution >= 4 is 5.78 Å². The molecular weight excluding hydrogens is 210 g/mol. The molecule has 1 aromatic carbocycles. The van der Waals surface area contributed by atoms with Gasteiger partial charge in [-0.15, -0.1) is 0 Å². The van der Waals surface area contributed by atoms with Crippen molar-refractivity contribution in [1.82, 2.24) is 0 Å². The zero-order chi connectivity index (χ0) is 12.8. The average molecular weight is 233 g/mol. The number of carbonyl (C=O) groups excluding carboxylic acids is 1. The molecule has 0 amide bonds. The van der Waals surface area contributed by atoms with E-state index in [0.717, 1.165) is 29.5 Å². The van der Waals surface area contributed by atoms with Crippen molar-refractivity contribution in [2.75, 3.05) is 6.54 Å². The van der Waals surface area contributed by atoms with Gasteiger partial charge in [0.05, 0.1) is 0 Å². The molecule has 0 fully saturated rings. The van der Waals surface area contributed by atoms with E-state index in [4.69, 9.17) is 5.73 Å². The van der Waals surface area contributed by atoms with E-state index in [9.17, 15) is 4.79 Å². The number of benzene rings is 1. The lowest BCUT2D eigenvalue weighted by Crippen LogP contribution is -2.09. The van der Waals surface area contributed by atoms with E-state index >= 15 is 0 Å². The van der Waals surface area contributed by atoms with Crippen LogP contribution in [0, 0.1) is 19.8 Å². The molecule has 1 rings (SSSR count). The maximum atomic E-state index is 12.1. The van der Waals surface area contributed by atoms with E-state index in [1.165, 1.54) is 0 Å². The summed E-state index contributed by atoms with van der Waals surface area (Å²) in [5, 5.41) is 0. The molecule has 0 saturated heterocycles. The number of Topliss-reactive ketones (excluding diaryl/α,β-unsaturated/α-hetero) is 1. The highest BCUT2D eigenvalue weighted by molar-refractivity contribution is 5.97. The van der Waals surface area contributed by atoms with Crippen LogP contribution in [-0.4, -0.2) is 12.3 Å². The summed E-state index contributed by atoms with van der Waals surface area (Å²) in [6.07, 6.45) is 2.56. The van der Waals surface area contributed by atoms with Gasteiger partial charge in [-0.3, -0.25) is 4.79 Å². The Bertz CT molecular complexity index is 385. The minimum absolute atomic E-state index is 0.259. The van der Waals surface area contributed by atoms with E-state index in [0.29, 0.717) is 18.9 Å². The van der Waals surface area contributed by atoms with Gasteiger partial charge in [0, 0.05) is 12.0 Å². The van der Waals surface area contributed by atoms with Gasteiger partial charge < -0.3 is 5.73 Å². The van der Waals surface area contributed by atoms with Crippen molar-refractivity contribution in [3.8, 4) is 0 Å². The Balaban J connectivity index is 2.61. The van der Waals surface area contributed by atoms with E-state index < -0.39 is 0 Å². The molecule has 2 heteroatoms. The Morgan fingerprint density at radius 3 is 2.65 bits per heavy atom. The van der Waals surface area contributed by atoms with Crippen molar-refractivity contribution in [3.05, 3.63) is 34.9 Å². The van der Waals surface area contributed by atoms with E-state index in [2.05, 4.69) is 6.92 Å². The summed E-state index contributed by atoms with van der Waals surface area (Å²) in [6, 6.07) is 6.06. The van der Waals surface area contributed by atoms with Gasteiger partial charge in [-0.1, -0.05) is 24.6 Å². The molecule has 1 aromatic rings. The van der Waals surface area contributed by atoms with Crippen LogP contribution in [-0.2, 0) is 0 Å². The molecule has 0 heterocycles. The Labute approximate surface area is 104 Å². The SMILES string of the molecule is Cc1ccc(C)c(C(=O)CCC(C)CCN)c1. The van der Waals surface area contributed by atoms with Crippen molar-refractivity contribution < 1.29 is 4.79 Å². The normalized spacial score (nSPS) is 12.5. The molecule has 0 spiro atoms. The number of carbonyl (C=O) groups is 1. The lowest BCUT2D eigenvalue weighted by atomic mass is 9.95. The lowest BCUT2D eigenvalue weighted by molar-refractivity contribution is 0.0973. The fourth-order valence-corrected chi connectivity index (χ4v) is 1.98. The third kappa shape index (κ3) is 4.31. The number of aryl methyl sites for hydroxylation is 2. The van der Waals surface area contributed by atoms with Crippen molar-refractivity contribution in [3.63, 3.8) is 0 Å². The maximum Gasteiger partial charge on any atom is 0.163 e. The number of hydrogen-bond acceptors (Lipinski definition) is 2. The largest absolute Gasteiger partial charge is 0.330 e. The van der Waals surface area contributed by atoms with Crippen LogP contribution < -0.4 is 5.73 Å². The van der Waals surface area contributed by atoms with E-state index in [1.54, 1.807) is 0 Å². The number of nitrogens with two attached hydrogens (primary N) is 1. The molecule has 94 valence electrons.